The lowest BCUT2D eigenvalue weighted by molar-refractivity contribution is -0.139. The van der Waals surface area contributed by atoms with E-state index < -0.39 is 29.7 Å². The summed E-state index contributed by atoms with van der Waals surface area (Å²) in [6, 6.07) is 6.60. The van der Waals surface area contributed by atoms with Crippen molar-refractivity contribution < 1.29 is 24.3 Å². The summed E-state index contributed by atoms with van der Waals surface area (Å²) >= 11 is 18.5. The van der Waals surface area contributed by atoms with Crippen LogP contribution in [-0.2, 0) is 20.8 Å². The van der Waals surface area contributed by atoms with Crippen LogP contribution in [0.15, 0.2) is 30.3 Å². The van der Waals surface area contributed by atoms with Gasteiger partial charge in [0.15, 0.2) is 0 Å². The second-order valence-corrected chi connectivity index (χ2v) is 8.09. The number of carbonyl (C=O) groups excluding carboxylic acids is 3. The van der Waals surface area contributed by atoms with Crippen molar-refractivity contribution in [2.45, 2.75) is 26.3 Å². The standard InChI is InChI=1S/C21H20Cl3N3O5/c1-10-3-4-12(7-14(10)23)8-17(29)26-15-6-5-13(22)18(19(15)24)20(30)27-16(21(31)32)9-25-11(2)28/h3-7,16H,8-9H2,1-2H3,(H,25,28)(H,26,29)(H,27,30)(H,31,32)/t16-/m0/s1. The highest BCUT2D eigenvalue weighted by Gasteiger charge is 2.25. The third kappa shape index (κ3) is 6.85. The molecule has 11 heteroatoms. The molecule has 0 bridgehead atoms. The molecule has 0 unspecified atom stereocenters. The Balaban J connectivity index is 2.19. The van der Waals surface area contributed by atoms with E-state index in [0.717, 1.165) is 5.56 Å². The maximum atomic E-state index is 12.7. The molecule has 1 atom stereocenters. The Hall–Kier alpha value is -2.81. The molecule has 2 aromatic carbocycles. The van der Waals surface area contributed by atoms with Crippen LogP contribution in [0.4, 0.5) is 5.69 Å². The minimum absolute atomic E-state index is 0.0122. The lowest BCUT2D eigenvalue weighted by Crippen LogP contribution is -2.48. The molecule has 3 amide bonds. The van der Waals surface area contributed by atoms with Gasteiger partial charge in [-0.25, -0.2) is 4.79 Å². The van der Waals surface area contributed by atoms with Gasteiger partial charge in [-0.15, -0.1) is 0 Å². The molecule has 0 aliphatic heterocycles. The molecule has 8 nitrogen and oxygen atoms in total. The fourth-order valence-corrected chi connectivity index (χ4v) is 3.45. The fourth-order valence-electron chi connectivity index (χ4n) is 2.66. The molecule has 0 fully saturated rings. The summed E-state index contributed by atoms with van der Waals surface area (Å²) < 4.78 is 0. The van der Waals surface area contributed by atoms with Crippen molar-refractivity contribution >= 4 is 64.2 Å². The second-order valence-electron chi connectivity index (χ2n) is 6.89. The van der Waals surface area contributed by atoms with E-state index in [-0.39, 0.29) is 34.3 Å². The Morgan fingerprint density at radius 3 is 2.31 bits per heavy atom. The molecule has 0 saturated heterocycles. The topological polar surface area (TPSA) is 125 Å². The molecule has 4 N–H and O–H groups in total. The number of aliphatic carboxylic acids is 1. The predicted molar refractivity (Wildman–Crippen MR) is 123 cm³/mol. The van der Waals surface area contributed by atoms with Crippen LogP contribution in [0.2, 0.25) is 15.1 Å². The van der Waals surface area contributed by atoms with Crippen LogP contribution in [0.5, 0.6) is 0 Å². The van der Waals surface area contributed by atoms with E-state index in [1.807, 2.05) is 6.92 Å². The minimum Gasteiger partial charge on any atom is -0.480 e. The van der Waals surface area contributed by atoms with Gasteiger partial charge in [0.05, 0.1) is 27.7 Å². The third-order valence-corrected chi connectivity index (χ3v) is 5.47. The fraction of sp³-hybridized carbons (Fsp3) is 0.238. The Morgan fingerprint density at radius 1 is 1.03 bits per heavy atom. The van der Waals surface area contributed by atoms with Gasteiger partial charge in [0.25, 0.3) is 5.91 Å². The van der Waals surface area contributed by atoms with Crippen LogP contribution in [-0.4, -0.2) is 41.4 Å². The number of rotatable bonds is 8. The largest absolute Gasteiger partial charge is 0.480 e. The molecule has 0 aliphatic rings. The smallest absolute Gasteiger partial charge is 0.328 e. The van der Waals surface area contributed by atoms with E-state index in [4.69, 9.17) is 34.8 Å². The summed E-state index contributed by atoms with van der Waals surface area (Å²) in [5.41, 5.74) is 1.48. The number of anilines is 1. The SMILES string of the molecule is CC(=O)NC[C@H](NC(=O)c1c(Cl)ccc(NC(=O)Cc2ccc(C)c(Cl)c2)c1Cl)C(=O)O. The second kappa shape index (κ2) is 11.2. The Morgan fingerprint density at radius 2 is 1.72 bits per heavy atom. The zero-order valence-corrected chi connectivity index (χ0v) is 19.4. The van der Waals surface area contributed by atoms with Crippen LogP contribution in [0.1, 0.15) is 28.4 Å². The summed E-state index contributed by atoms with van der Waals surface area (Å²) in [5, 5.41) is 16.8. The van der Waals surface area contributed by atoms with Crippen molar-refractivity contribution in [2.24, 2.45) is 0 Å². The highest BCUT2D eigenvalue weighted by Crippen LogP contribution is 2.32. The molecule has 2 rings (SSSR count). The molecule has 2 aromatic rings. The van der Waals surface area contributed by atoms with E-state index >= 15 is 0 Å². The van der Waals surface area contributed by atoms with Gasteiger partial charge in [-0.05, 0) is 36.2 Å². The third-order valence-electron chi connectivity index (χ3n) is 4.35. The number of hydrogen-bond acceptors (Lipinski definition) is 4. The van der Waals surface area contributed by atoms with Crippen molar-refractivity contribution in [3.63, 3.8) is 0 Å². The lowest BCUT2D eigenvalue weighted by atomic mass is 10.1. The maximum absolute atomic E-state index is 12.7. The average Bonchev–Trinajstić information content (AvgIpc) is 2.70. The van der Waals surface area contributed by atoms with E-state index in [2.05, 4.69) is 16.0 Å². The van der Waals surface area contributed by atoms with Crippen molar-refractivity contribution in [2.75, 3.05) is 11.9 Å². The highest BCUT2D eigenvalue weighted by atomic mass is 35.5. The Bertz CT molecular complexity index is 1070. The first kappa shape index (κ1) is 25.5. The summed E-state index contributed by atoms with van der Waals surface area (Å²) in [6.07, 6.45) is 0.0122. The van der Waals surface area contributed by atoms with Crippen LogP contribution < -0.4 is 16.0 Å². The first-order chi connectivity index (χ1) is 15.0. The number of aryl methyl sites for hydroxylation is 1. The number of nitrogens with one attached hydrogen (secondary N) is 3. The van der Waals surface area contributed by atoms with Crippen molar-refractivity contribution in [1.82, 2.24) is 10.6 Å². The van der Waals surface area contributed by atoms with Crippen LogP contribution in [0.25, 0.3) is 0 Å². The molecule has 0 radical (unpaired) electrons. The number of benzene rings is 2. The number of carbonyl (C=O) groups is 4. The van der Waals surface area contributed by atoms with Gasteiger partial charge in [0.2, 0.25) is 11.8 Å². The van der Waals surface area contributed by atoms with Gasteiger partial charge in [-0.1, -0.05) is 46.9 Å². The number of carboxylic acid groups (broad SMARTS) is 1. The van der Waals surface area contributed by atoms with Gasteiger partial charge in [0.1, 0.15) is 6.04 Å². The number of halogens is 3. The normalized spacial score (nSPS) is 11.4. The first-order valence-corrected chi connectivity index (χ1v) is 10.4. The maximum Gasteiger partial charge on any atom is 0.328 e. The lowest BCUT2D eigenvalue weighted by Gasteiger charge is -2.17. The summed E-state index contributed by atoms with van der Waals surface area (Å²) in [6.45, 7) is 2.73. The zero-order valence-electron chi connectivity index (χ0n) is 17.1. The van der Waals surface area contributed by atoms with E-state index in [0.29, 0.717) is 10.6 Å². The van der Waals surface area contributed by atoms with Gasteiger partial charge in [-0.3, -0.25) is 14.4 Å². The summed E-state index contributed by atoms with van der Waals surface area (Å²) in [5.74, 6) is -3.10. The molecular formula is C21H20Cl3N3O5. The number of hydrogen-bond donors (Lipinski definition) is 4. The Labute approximate surface area is 199 Å². The van der Waals surface area contributed by atoms with E-state index in [9.17, 15) is 24.3 Å². The van der Waals surface area contributed by atoms with Gasteiger partial charge in [0, 0.05) is 18.5 Å². The molecular weight excluding hydrogens is 481 g/mol. The highest BCUT2D eigenvalue weighted by molar-refractivity contribution is 6.41. The van der Waals surface area contributed by atoms with Crippen molar-refractivity contribution in [3.05, 3.63) is 62.1 Å². The predicted octanol–water partition coefficient (Wildman–Crippen LogP) is 3.46. The van der Waals surface area contributed by atoms with Crippen LogP contribution in [0.3, 0.4) is 0 Å². The van der Waals surface area contributed by atoms with Crippen LogP contribution >= 0.6 is 34.8 Å². The zero-order chi connectivity index (χ0) is 24.0. The van der Waals surface area contributed by atoms with Crippen molar-refractivity contribution in [3.8, 4) is 0 Å². The summed E-state index contributed by atoms with van der Waals surface area (Å²) in [4.78, 5) is 47.5. The summed E-state index contributed by atoms with van der Waals surface area (Å²) in [7, 11) is 0. The monoisotopic (exact) mass is 499 g/mol. The van der Waals surface area contributed by atoms with Gasteiger partial charge >= 0.3 is 5.97 Å². The quantitative estimate of drug-likeness (QED) is 0.442. The van der Waals surface area contributed by atoms with Gasteiger partial charge in [-0.2, -0.15) is 0 Å². The molecule has 0 aromatic heterocycles. The molecule has 0 spiro atoms. The van der Waals surface area contributed by atoms with Crippen molar-refractivity contribution in [1.29, 1.82) is 0 Å². The van der Waals surface area contributed by atoms with E-state index in [1.165, 1.54) is 19.1 Å². The molecule has 0 saturated carbocycles. The molecule has 0 aliphatic carbocycles. The van der Waals surface area contributed by atoms with Crippen LogP contribution in [0, 0.1) is 6.92 Å². The molecule has 32 heavy (non-hydrogen) atoms. The number of amides is 3. The Kier molecular flexibility index (Phi) is 8.89. The number of carboxylic acids is 1. The first-order valence-electron chi connectivity index (χ1n) is 9.30. The minimum atomic E-state index is -1.41. The average molecular weight is 501 g/mol. The molecule has 0 heterocycles. The molecule has 170 valence electrons. The van der Waals surface area contributed by atoms with Gasteiger partial charge < -0.3 is 21.1 Å². The van der Waals surface area contributed by atoms with E-state index in [1.54, 1.807) is 18.2 Å².